The summed E-state index contributed by atoms with van der Waals surface area (Å²) < 4.78 is 25.9. The van der Waals surface area contributed by atoms with Crippen molar-refractivity contribution in [1.29, 1.82) is 0 Å². The van der Waals surface area contributed by atoms with Gasteiger partial charge >= 0.3 is 6.09 Å². The van der Waals surface area contributed by atoms with Gasteiger partial charge in [-0.15, -0.1) is 0 Å². The van der Waals surface area contributed by atoms with Crippen LogP contribution >= 0.6 is 15.9 Å². The van der Waals surface area contributed by atoms with Crippen LogP contribution in [0.25, 0.3) is 0 Å². The Morgan fingerprint density at radius 1 is 1.63 bits per heavy atom. The SMILES string of the molecule is O=C(O)N1C[C@H](F)C[C@H]1CS(=O)c1cccc(Br)n1. The summed E-state index contributed by atoms with van der Waals surface area (Å²) >= 11 is 3.18. The smallest absolute Gasteiger partial charge is 0.407 e. The van der Waals surface area contributed by atoms with Crippen molar-refractivity contribution in [2.24, 2.45) is 0 Å². The van der Waals surface area contributed by atoms with Crippen molar-refractivity contribution in [2.75, 3.05) is 12.3 Å². The summed E-state index contributed by atoms with van der Waals surface area (Å²) in [5.41, 5.74) is 0. The molecule has 0 aliphatic carbocycles. The first-order valence-corrected chi connectivity index (χ1v) is 7.73. The lowest BCUT2D eigenvalue weighted by Gasteiger charge is -2.20. The first-order chi connectivity index (χ1) is 8.97. The number of aromatic nitrogens is 1. The van der Waals surface area contributed by atoms with E-state index in [1.165, 1.54) is 0 Å². The average Bonchev–Trinajstić information content (AvgIpc) is 2.70. The maximum absolute atomic E-state index is 13.3. The van der Waals surface area contributed by atoms with E-state index in [9.17, 15) is 13.4 Å². The van der Waals surface area contributed by atoms with Gasteiger partial charge in [-0.2, -0.15) is 0 Å². The molecule has 19 heavy (non-hydrogen) atoms. The highest BCUT2D eigenvalue weighted by molar-refractivity contribution is 9.10. The molecule has 1 aromatic rings. The molecule has 3 atom stereocenters. The standard InChI is InChI=1S/C11H12BrFN2O3S/c12-9-2-1-3-10(14-9)19(18)6-8-4-7(13)5-15(8)11(16)17/h1-3,7-8H,4-6H2,(H,16,17)/t7-,8+,19?/m1/s1. The fourth-order valence-electron chi connectivity index (χ4n) is 2.03. The summed E-state index contributed by atoms with van der Waals surface area (Å²) in [6.07, 6.45) is -2.27. The summed E-state index contributed by atoms with van der Waals surface area (Å²) in [7, 11) is -1.45. The van der Waals surface area contributed by atoms with Crippen LogP contribution in [0.2, 0.25) is 0 Å². The quantitative estimate of drug-likeness (QED) is 0.847. The molecule has 2 heterocycles. The molecule has 0 spiro atoms. The Morgan fingerprint density at radius 2 is 2.37 bits per heavy atom. The van der Waals surface area contributed by atoms with Gasteiger partial charge in [0.25, 0.3) is 0 Å². The van der Waals surface area contributed by atoms with Crippen molar-refractivity contribution in [3.8, 4) is 0 Å². The highest BCUT2D eigenvalue weighted by atomic mass is 79.9. The van der Waals surface area contributed by atoms with E-state index < -0.39 is 29.1 Å². The lowest BCUT2D eigenvalue weighted by molar-refractivity contribution is 0.141. The molecule has 1 fully saturated rings. The number of hydrogen-bond acceptors (Lipinski definition) is 3. The van der Waals surface area contributed by atoms with Crippen LogP contribution in [0.5, 0.6) is 0 Å². The Balaban J connectivity index is 2.08. The highest BCUT2D eigenvalue weighted by Gasteiger charge is 2.36. The maximum atomic E-state index is 13.3. The van der Waals surface area contributed by atoms with E-state index in [0.29, 0.717) is 9.63 Å². The molecule has 104 valence electrons. The van der Waals surface area contributed by atoms with E-state index in [1.807, 2.05) is 0 Å². The molecule has 1 aliphatic rings. The van der Waals surface area contributed by atoms with Crippen LogP contribution in [-0.4, -0.2) is 49.8 Å². The van der Waals surface area contributed by atoms with E-state index in [2.05, 4.69) is 20.9 Å². The summed E-state index contributed by atoms with van der Waals surface area (Å²) in [5, 5.41) is 9.33. The highest BCUT2D eigenvalue weighted by Crippen LogP contribution is 2.22. The molecule has 0 aromatic carbocycles. The lowest BCUT2D eigenvalue weighted by Crippen LogP contribution is -2.37. The number of carboxylic acid groups (broad SMARTS) is 1. The van der Waals surface area contributed by atoms with Crippen molar-refractivity contribution in [3.63, 3.8) is 0 Å². The molecule has 1 saturated heterocycles. The minimum atomic E-state index is -1.45. The first-order valence-electron chi connectivity index (χ1n) is 5.62. The van der Waals surface area contributed by atoms with Gasteiger partial charge in [-0.25, -0.2) is 14.2 Å². The number of alkyl halides is 1. The molecule has 0 radical (unpaired) electrons. The van der Waals surface area contributed by atoms with Crippen LogP contribution in [0.3, 0.4) is 0 Å². The number of halogens is 2. The first kappa shape index (κ1) is 14.4. The number of nitrogens with zero attached hydrogens (tertiary/aromatic N) is 2. The van der Waals surface area contributed by atoms with Crippen LogP contribution in [0.1, 0.15) is 6.42 Å². The normalized spacial score (nSPS) is 24.4. The van der Waals surface area contributed by atoms with Crippen molar-refractivity contribution in [1.82, 2.24) is 9.88 Å². The molecule has 1 aromatic heterocycles. The largest absolute Gasteiger partial charge is 0.465 e. The van der Waals surface area contributed by atoms with Crippen LogP contribution in [0.4, 0.5) is 9.18 Å². The molecule has 1 amide bonds. The summed E-state index contributed by atoms with van der Waals surface area (Å²) in [6.45, 7) is -0.150. The number of likely N-dealkylation sites (tertiary alicyclic amines) is 1. The minimum absolute atomic E-state index is 0.0656. The van der Waals surface area contributed by atoms with Gasteiger partial charge in [-0.3, -0.25) is 4.21 Å². The van der Waals surface area contributed by atoms with Crippen LogP contribution in [0.15, 0.2) is 27.8 Å². The predicted molar refractivity (Wildman–Crippen MR) is 71.2 cm³/mol. The Hall–Kier alpha value is -1.02. The maximum Gasteiger partial charge on any atom is 0.407 e. The van der Waals surface area contributed by atoms with Crippen molar-refractivity contribution < 1.29 is 18.5 Å². The van der Waals surface area contributed by atoms with Gasteiger partial charge in [-0.05, 0) is 28.1 Å². The van der Waals surface area contributed by atoms with Gasteiger partial charge in [-0.1, -0.05) is 6.07 Å². The third-order valence-corrected chi connectivity index (χ3v) is 4.70. The summed E-state index contributed by atoms with van der Waals surface area (Å²) in [6, 6.07) is 4.45. The van der Waals surface area contributed by atoms with Gasteiger partial charge in [0.1, 0.15) is 15.8 Å². The van der Waals surface area contributed by atoms with Crippen molar-refractivity contribution >= 4 is 32.8 Å². The van der Waals surface area contributed by atoms with Crippen LogP contribution in [-0.2, 0) is 10.8 Å². The van der Waals surface area contributed by atoms with Crippen molar-refractivity contribution in [2.45, 2.75) is 23.7 Å². The number of carbonyl (C=O) groups is 1. The van der Waals surface area contributed by atoms with Gasteiger partial charge in [0, 0.05) is 12.5 Å². The van der Waals surface area contributed by atoms with Gasteiger partial charge in [0.15, 0.2) is 0 Å². The number of rotatable bonds is 3. The molecular weight excluding hydrogens is 339 g/mol. The van der Waals surface area contributed by atoms with E-state index in [1.54, 1.807) is 18.2 Å². The van der Waals surface area contributed by atoms with Crippen LogP contribution < -0.4 is 0 Å². The Morgan fingerprint density at radius 3 is 3.00 bits per heavy atom. The third-order valence-electron chi connectivity index (χ3n) is 2.88. The fraction of sp³-hybridized carbons (Fsp3) is 0.455. The zero-order chi connectivity index (χ0) is 14.0. The second kappa shape index (κ2) is 5.96. The third kappa shape index (κ3) is 3.50. The van der Waals surface area contributed by atoms with E-state index >= 15 is 0 Å². The molecule has 0 saturated carbocycles. The Bertz CT molecular complexity index is 516. The molecule has 1 unspecified atom stereocenters. The van der Waals surface area contributed by atoms with E-state index in [4.69, 9.17) is 5.11 Å². The lowest BCUT2D eigenvalue weighted by atomic mass is 10.2. The zero-order valence-electron chi connectivity index (χ0n) is 9.83. The Labute approximate surface area is 120 Å². The van der Waals surface area contributed by atoms with E-state index in [-0.39, 0.29) is 18.7 Å². The molecule has 1 N–H and O–H groups in total. The second-order valence-electron chi connectivity index (χ2n) is 4.23. The fourth-order valence-corrected chi connectivity index (χ4v) is 3.76. The number of amides is 1. The molecule has 5 nitrogen and oxygen atoms in total. The Kier molecular flexibility index (Phi) is 4.51. The minimum Gasteiger partial charge on any atom is -0.465 e. The summed E-state index contributed by atoms with van der Waals surface area (Å²) in [5.74, 6) is 0.0656. The molecule has 8 heteroatoms. The number of hydrogen-bond donors (Lipinski definition) is 1. The molecule has 1 aliphatic heterocycles. The van der Waals surface area contributed by atoms with Crippen molar-refractivity contribution in [3.05, 3.63) is 22.8 Å². The van der Waals surface area contributed by atoms with Gasteiger partial charge in [0.2, 0.25) is 0 Å². The molecular formula is C11H12BrFN2O3S. The topological polar surface area (TPSA) is 70.5 Å². The number of pyridine rings is 1. The monoisotopic (exact) mass is 350 g/mol. The second-order valence-corrected chi connectivity index (χ2v) is 6.49. The molecule has 2 rings (SSSR count). The molecule has 0 bridgehead atoms. The van der Waals surface area contributed by atoms with Gasteiger partial charge < -0.3 is 10.0 Å². The predicted octanol–water partition coefficient (Wildman–Crippen LogP) is 2.04. The van der Waals surface area contributed by atoms with Crippen LogP contribution in [0, 0.1) is 0 Å². The average molecular weight is 351 g/mol. The van der Waals surface area contributed by atoms with Gasteiger partial charge in [0.05, 0.1) is 23.1 Å². The zero-order valence-corrected chi connectivity index (χ0v) is 12.2. The summed E-state index contributed by atoms with van der Waals surface area (Å²) in [4.78, 5) is 16.0. The van der Waals surface area contributed by atoms with E-state index in [0.717, 1.165) is 4.90 Å².